The van der Waals surface area contributed by atoms with E-state index < -0.39 is 97.5 Å². The van der Waals surface area contributed by atoms with Crippen molar-refractivity contribution in [2.75, 3.05) is 39.6 Å². The largest absolute Gasteiger partial charge is 0.472 e. The Hall–Kier alpha value is -2.98. The molecule has 3 unspecified atom stereocenters. The number of hydrogen-bond donors (Lipinski definition) is 3. The first-order chi connectivity index (χ1) is 47.9. The summed E-state index contributed by atoms with van der Waals surface area (Å²) in [5.74, 6) is -0.638. The van der Waals surface area contributed by atoms with Gasteiger partial charge in [-0.3, -0.25) is 37.3 Å². The number of phosphoric acid groups is 2. The molecule has 0 saturated carbocycles. The van der Waals surface area contributed by atoms with Gasteiger partial charge in [0.05, 0.1) is 26.4 Å². The van der Waals surface area contributed by atoms with Crippen molar-refractivity contribution < 1.29 is 80.2 Å². The number of carbonyl (C=O) groups excluding carboxylic acids is 4. The molecule has 0 fully saturated rings. The van der Waals surface area contributed by atoms with Gasteiger partial charge >= 0.3 is 39.5 Å². The second-order valence-electron chi connectivity index (χ2n) is 28.2. The van der Waals surface area contributed by atoms with Crippen LogP contribution in [0.25, 0.3) is 0 Å². The smallest absolute Gasteiger partial charge is 0.462 e. The Bertz CT molecular complexity index is 2100. The lowest BCUT2D eigenvalue weighted by molar-refractivity contribution is -0.161. The van der Waals surface area contributed by atoms with Crippen LogP contribution in [0.15, 0.2) is 48.6 Å². The van der Waals surface area contributed by atoms with Gasteiger partial charge in [0.2, 0.25) is 0 Å². The number of unbranched alkanes of at least 4 members (excludes halogenated alkanes) is 38. The number of allylic oxidation sites excluding steroid dienone is 8. The first-order valence-electron chi connectivity index (χ1n) is 40.2. The Morgan fingerprint density at radius 3 is 0.899 bits per heavy atom. The summed E-state index contributed by atoms with van der Waals surface area (Å²) < 4.78 is 68.5. The number of hydrogen-bond acceptors (Lipinski definition) is 15. The van der Waals surface area contributed by atoms with E-state index in [4.69, 9.17) is 37.0 Å². The maximum atomic E-state index is 13.1. The third-order valence-electron chi connectivity index (χ3n) is 17.8. The summed E-state index contributed by atoms with van der Waals surface area (Å²) in [5, 5.41) is 10.6. The molecule has 0 spiro atoms. The molecule has 0 bridgehead atoms. The van der Waals surface area contributed by atoms with Crippen LogP contribution in [0.2, 0.25) is 0 Å². The normalized spacial score (nSPS) is 14.5. The van der Waals surface area contributed by atoms with Crippen LogP contribution >= 0.6 is 15.6 Å². The third-order valence-corrected chi connectivity index (χ3v) is 19.7. The molecule has 0 aliphatic carbocycles. The van der Waals surface area contributed by atoms with Crippen molar-refractivity contribution in [1.82, 2.24) is 0 Å². The molecule has 0 heterocycles. The van der Waals surface area contributed by atoms with Crippen molar-refractivity contribution in [3.63, 3.8) is 0 Å². The van der Waals surface area contributed by atoms with Crippen molar-refractivity contribution in [3.8, 4) is 0 Å². The second-order valence-corrected chi connectivity index (χ2v) is 31.1. The fourth-order valence-electron chi connectivity index (χ4n) is 11.2. The number of aliphatic hydroxyl groups is 1. The summed E-state index contributed by atoms with van der Waals surface area (Å²) in [5.41, 5.74) is 0. The van der Waals surface area contributed by atoms with Crippen molar-refractivity contribution in [2.24, 2.45) is 11.8 Å². The van der Waals surface area contributed by atoms with Crippen LogP contribution < -0.4 is 0 Å². The van der Waals surface area contributed by atoms with E-state index in [0.29, 0.717) is 25.7 Å². The van der Waals surface area contributed by atoms with Gasteiger partial charge in [-0.25, -0.2) is 9.13 Å². The van der Waals surface area contributed by atoms with Gasteiger partial charge in [-0.15, -0.1) is 0 Å². The van der Waals surface area contributed by atoms with E-state index >= 15 is 0 Å². The van der Waals surface area contributed by atoms with E-state index in [1.807, 2.05) is 0 Å². The van der Waals surface area contributed by atoms with Crippen molar-refractivity contribution in [3.05, 3.63) is 48.6 Å². The fraction of sp³-hybridized carbons (Fsp3) is 0.850. The molecule has 0 saturated heterocycles. The van der Waals surface area contributed by atoms with E-state index in [2.05, 4.69) is 90.2 Å². The Balaban J connectivity index is 5.30. The van der Waals surface area contributed by atoms with Gasteiger partial charge in [0.25, 0.3) is 0 Å². The van der Waals surface area contributed by atoms with Crippen LogP contribution in [-0.2, 0) is 65.4 Å². The van der Waals surface area contributed by atoms with Crippen molar-refractivity contribution in [2.45, 2.75) is 387 Å². The number of esters is 4. The van der Waals surface area contributed by atoms with Gasteiger partial charge in [0.15, 0.2) is 12.2 Å². The molecular formula is C80H148O17P2. The molecule has 3 N–H and O–H groups in total. The van der Waals surface area contributed by atoms with E-state index in [1.165, 1.54) is 154 Å². The van der Waals surface area contributed by atoms with Crippen LogP contribution in [0, 0.1) is 11.8 Å². The lowest BCUT2D eigenvalue weighted by Gasteiger charge is -2.21. The second kappa shape index (κ2) is 70.7. The maximum absolute atomic E-state index is 13.1. The first-order valence-corrected chi connectivity index (χ1v) is 43.2. The zero-order valence-corrected chi connectivity index (χ0v) is 65.6. The highest BCUT2D eigenvalue weighted by molar-refractivity contribution is 7.47. The lowest BCUT2D eigenvalue weighted by Crippen LogP contribution is -2.30. The highest BCUT2D eigenvalue weighted by Gasteiger charge is 2.30. The summed E-state index contributed by atoms with van der Waals surface area (Å²) in [6.07, 6.45) is 65.5. The minimum Gasteiger partial charge on any atom is -0.462 e. The highest BCUT2D eigenvalue weighted by Crippen LogP contribution is 2.45. The fourth-order valence-corrected chi connectivity index (χ4v) is 12.8. The molecule has 19 heteroatoms. The summed E-state index contributed by atoms with van der Waals surface area (Å²) in [7, 11) is -9.94. The minimum absolute atomic E-state index is 0.0816. The number of ether oxygens (including phenoxy) is 4. The molecule has 580 valence electrons. The molecule has 0 radical (unpaired) electrons. The Morgan fingerprint density at radius 2 is 0.596 bits per heavy atom. The number of phosphoric ester groups is 2. The van der Waals surface area contributed by atoms with Gasteiger partial charge in [0.1, 0.15) is 19.3 Å². The average Bonchev–Trinajstić information content (AvgIpc) is 1.80. The number of aliphatic hydroxyl groups excluding tert-OH is 1. The van der Waals surface area contributed by atoms with Gasteiger partial charge < -0.3 is 33.8 Å². The van der Waals surface area contributed by atoms with Crippen LogP contribution in [0.5, 0.6) is 0 Å². The van der Waals surface area contributed by atoms with Crippen LogP contribution in [0.1, 0.15) is 369 Å². The maximum Gasteiger partial charge on any atom is 0.472 e. The van der Waals surface area contributed by atoms with Gasteiger partial charge in [-0.2, -0.15) is 0 Å². The quantitative estimate of drug-likeness (QED) is 0.0169. The zero-order valence-electron chi connectivity index (χ0n) is 63.8. The van der Waals surface area contributed by atoms with Crippen molar-refractivity contribution >= 4 is 39.5 Å². The average molecular weight is 1440 g/mol. The molecule has 0 amide bonds. The first kappa shape index (κ1) is 96.0. The van der Waals surface area contributed by atoms with E-state index in [1.54, 1.807) is 0 Å². The summed E-state index contributed by atoms with van der Waals surface area (Å²) in [6, 6.07) is 0. The van der Waals surface area contributed by atoms with Gasteiger partial charge in [-0.05, 0) is 88.9 Å². The summed E-state index contributed by atoms with van der Waals surface area (Å²) >= 11 is 0. The minimum atomic E-state index is -4.97. The molecule has 6 atom stereocenters. The molecule has 0 aromatic carbocycles. The standard InChI is InChI=1S/C80H148O17P2/c1-7-10-12-14-16-18-20-22-26-32-36-40-44-52-58-64-79(84)96-75(68-90-77(82)62-56-50-43-39-35-31-29-25-24-28-30-34-38-42-48-54-60-72(4)5)70-94-98(86,87)92-66-74(81)67-93-99(88,89)95-71-76(69-91-78(83)63-57-51-47-46-49-55-61-73(6)9-3)97-80(85)65-59-53-45-41-37-33-27-23-21-19-17-15-13-11-8-2/h18-23,26-27,72-76,81H,7-17,24-25,28-71H2,1-6H3,(H,86,87)(H,88,89)/b20-18-,21-19-,26-22-,27-23-/t73?,74-,75-,76-/m1/s1. The monoisotopic (exact) mass is 1440 g/mol. The highest BCUT2D eigenvalue weighted by atomic mass is 31.2. The molecule has 99 heavy (non-hydrogen) atoms. The van der Waals surface area contributed by atoms with E-state index in [9.17, 15) is 43.2 Å². The van der Waals surface area contributed by atoms with Crippen LogP contribution in [0.4, 0.5) is 0 Å². The molecule has 0 rings (SSSR count). The van der Waals surface area contributed by atoms with Crippen molar-refractivity contribution in [1.29, 1.82) is 0 Å². The van der Waals surface area contributed by atoms with Gasteiger partial charge in [0, 0.05) is 25.7 Å². The lowest BCUT2D eigenvalue weighted by atomic mass is 10.00. The molecule has 0 aromatic heterocycles. The predicted octanol–water partition coefficient (Wildman–Crippen LogP) is 23.0. The van der Waals surface area contributed by atoms with E-state index in [-0.39, 0.29) is 25.7 Å². The zero-order chi connectivity index (χ0) is 72.8. The molecule has 0 aliphatic rings. The molecule has 17 nitrogen and oxygen atoms in total. The molecular weight excluding hydrogens is 1290 g/mol. The van der Waals surface area contributed by atoms with Crippen LogP contribution in [-0.4, -0.2) is 96.7 Å². The number of rotatable bonds is 75. The third kappa shape index (κ3) is 71.8. The SMILES string of the molecule is CCCCCC/C=C\C=C/CCCCCCCC(=O)O[C@H](COC(=O)CCCCCCCCCCCCCCCCCCC(C)C)COP(=O)(O)OC[C@@H](O)COP(=O)(O)OC[C@@H](COC(=O)CCCCCCCCC(C)CC)OC(=O)CCCCCCC/C=C\C=C/CCCCCC. The Labute approximate surface area is 604 Å². The summed E-state index contributed by atoms with van der Waals surface area (Å²) in [6.45, 7) is 9.47. The van der Waals surface area contributed by atoms with Gasteiger partial charge in [-0.1, -0.05) is 315 Å². The Morgan fingerprint density at radius 1 is 0.333 bits per heavy atom. The van der Waals surface area contributed by atoms with Crippen LogP contribution in [0.3, 0.4) is 0 Å². The topological polar surface area (TPSA) is 237 Å². The predicted molar refractivity (Wildman–Crippen MR) is 404 cm³/mol. The summed E-state index contributed by atoms with van der Waals surface area (Å²) in [4.78, 5) is 72.9. The Kier molecular flexibility index (Phi) is 68.5. The number of carbonyl (C=O) groups is 4. The molecule has 0 aromatic rings. The molecule has 0 aliphatic heterocycles. The van der Waals surface area contributed by atoms with E-state index in [0.717, 1.165) is 134 Å².